The summed E-state index contributed by atoms with van der Waals surface area (Å²) in [6, 6.07) is 0. The van der Waals surface area contributed by atoms with E-state index < -0.39 is 0 Å². The fourth-order valence-corrected chi connectivity index (χ4v) is 1.62. The zero-order valence-electron chi connectivity index (χ0n) is 6.07. The van der Waals surface area contributed by atoms with Crippen LogP contribution in [0.4, 0.5) is 0 Å². The standard InChI is InChI=1S/C7H7N2OS/c1-10-9-3-2-6-7(4-9)11-5-8-6/h2-3H,4H2,1H3. The molecule has 0 amide bonds. The van der Waals surface area contributed by atoms with Gasteiger partial charge in [-0.25, -0.2) is 4.98 Å². The van der Waals surface area contributed by atoms with Crippen molar-refractivity contribution in [3.63, 3.8) is 0 Å². The van der Waals surface area contributed by atoms with Crippen LogP contribution in [0.2, 0.25) is 0 Å². The molecule has 1 radical (unpaired) electrons. The Kier molecular flexibility index (Phi) is 1.63. The first kappa shape index (κ1) is 6.82. The van der Waals surface area contributed by atoms with Crippen LogP contribution >= 0.6 is 11.3 Å². The van der Waals surface area contributed by atoms with Crippen molar-refractivity contribution in [2.45, 2.75) is 6.54 Å². The van der Waals surface area contributed by atoms with Crippen molar-refractivity contribution in [1.82, 2.24) is 10.0 Å². The van der Waals surface area contributed by atoms with Gasteiger partial charge in [0.25, 0.3) is 0 Å². The van der Waals surface area contributed by atoms with Crippen molar-refractivity contribution >= 4 is 17.4 Å². The Hall–Kier alpha value is -0.870. The van der Waals surface area contributed by atoms with E-state index in [1.54, 1.807) is 12.2 Å². The molecule has 2 heterocycles. The second-order valence-electron chi connectivity index (χ2n) is 2.19. The normalized spacial score (nSPS) is 15.2. The molecule has 0 bridgehead atoms. The monoisotopic (exact) mass is 167 g/mol. The van der Waals surface area contributed by atoms with E-state index in [0.29, 0.717) is 0 Å². The van der Waals surface area contributed by atoms with Crippen LogP contribution in [0.25, 0.3) is 6.08 Å². The van der Waals surface area contributed by atoms with E-state index in [1.807, 2.05) is 12.3 Å². The van der Waals surface area contributed by atoms with Crippen LogP contribution in [0, 0.1) is 5.51 Å². The van der Waals surface area contributed by atoms with E-state index in [4.69, 9.17) is 4.84 Å². The number of thiazole rings is 1. The van der Waals surface area contributed by atoms with Crippen LogP contribution in [0.3, 0.4) is 0 Å². The Bertz CT molecular complexity index is 282. The Morgan fingerprint density at radius 2 is 2.73 bits per heavy atom. The fraction of sp³-hybridized carbons (Fsp3) is 0.286. The Morgan fingerprint density at radius 1 is 1.82 bits per heavy atom. The minimum absolute atomic E-state index is 0.781. The summed E-state index contributed by atoms with van der Waals surface area (Å²) in [5.74, 6) is 0. The molecule has 57 valence electrons. The molecule has 0 N–H and O–H groups in total. The third-order valence-corrected chi connectivity index (χ3v) is 2.32. The topological polar surface area (TPSA) is 25.4 Å². The molecule has 0 atom stereocenters. The van der Waals surface area contributed by atoms with E-state index in [9.17, 15) is 0 Å². The van der Waals surface area contributed by atoms with Gasteiger partial charge in [-0.15, -0.1) is 11.3 Å². The molecule has 1 aliphatic heterocycles. The number of fused-ring (bicyclic) bond motifs is 1. The van der Waals surface area contributed by atoms with Crippen molar-refractivity contribution in [2.24, 2.45) is 0 Å². The average Bonchev–Trinajstić information content (AvgIpc) is 2.50. The largest absolute Gasteiger partial charge is 0.277 e. The highest BCUT2D eigenvalue weighted by atomic mass is 32.1. The van der Waals surface area contributed by atoms with Crippen LogP contribution in [0.5, 0.6) is 0 Å². The van der Waals surface area contributed by atoms with Gasteiger partial charge in [0, 0.05) is 6.20 Å². The first-order valence-electron chi connectivity index (χ1n) is 3.25. The van der Waals surface area contributed by atoms with Gasteiger partial charge >= 0.3 is 0 Å². The highest BCUT2D eigenvalue weighted by Gasteiger charge is 2.11. The first-order valence-corrected chi connectivity index (χ1v) is 4.06. The maximum absolute atomic E-state index is 5.03. The van der Waals surface area contributed by atoms with Gasteiger partial charge in [0.15, 0.2) is 5.51 Å². The van der Waals surface area contributed by atoms with Crippen LogP contribution in [0.15, 0.2) is 6.20 Å². The molecule has 11 heavy (non-hydrogen) atoms. The number of hydrogen-bond acceptors (Lipinski definition) is 4. The SMILES string of the molecule is CON1C=Cc2n[c]sc2C1. The van der Waals surface area contributed by atoms with Crippen molar-refractivity contribution < 1.29 is 4.84 Å². The van der Waals surface area contributed by atoms with E-state index in [2.05, 4.69) is 10.5 Å². The average molecular weight is 167 g/mol. The molecule has 0 saturated heterocycles. The number of hydrogen-bond donors (Lipinski definition) is 0. The second kappa shape index (κ2) is 2.64. The Balaban J connectivity index is 2.29. The lowest BCUT2D eigenvalue weighted by Gasteiger charge is -2.19. The highest BCUT2D eigenvalue weighted by molar-refractivity contribution is 7.09. The molecule has 2 rings (SSSR count). The molecule has 0 saturated carbocycles. The second-order valence-corrected chi connectivity index (χ2v) is 3.07. The molecule has 0 unspecified atom stereocenters. The molecule has 4 heteroatoms. The summed E-state index contributed by atoms with van der Waals surface area (Å²) >= 11 is 1.54. The smallest absolute Gasteiger partial charge is 0.153 e. The summed E-state index contributed by atoms with van der Waals surface area (Å²) in [5, 5.41) is 1.76. The predicted octanol–water partition coefficient (Wildman–Crippen LogP) is 1.29. The fourth-order valence-electron chi connectivity index (χ4n) is 0.959. The number of hydroxylamine groups is 2. The minimum Gasteiger partial charge on any atom is -0.277 e. The third-order valence-electron chi connectivity index (χ3n) is 1.55. The van der Waals surface area contributed by atoms with Crippen LogP contribution in [-0.2, 0) is 11.4 Å². The molecule has 1 aromatic heterocycles. The molecular weight excluding hydrogens is 160 g/mol. The molecule has 3 nitrogen and oxygen atoms in total. The molecular formula is C7H7N2OS. The maximum Gasteiger partial charge on any atom is 0.153 e. The molecule has 1 aliphatic rings. The van der Waals surface area contributed by atoms with Gasteiger partial charge in [-0.2, -0.15) is 0 Å². The zero-order valence-corrected chi connectivity index (χ0v) is 6.89. The molecule has 0 fully saturated rings. The van der Waals surface area contributed by atoms with Crippen molar-refractivity contribution in [1.29, 1.82) is 0 Å². The predicted molar refractivity (Wildman–Crippen MR) is 42.5 cm³/mol. The number of rotatable bonds is 1. The summed E-state index contributed by atoms with van der Waals surface area (Å²) in [7, 11) is 1.65. The van der Waals surface area contributed by atoms with Gasteiger partial charge in [-0.3, -0.25) is 9.90 Å². The third kappa shape index (κ3) is 1.15. The lowest BCUT2D eigenvalue weighted by Crippen LogP contribution is -2.17. The van der Waals surface area contributed by atoms with Crippen molar-refractivity contribution in [2.75, 3.05) is 7.11 Å². The minimum atomic E-state index is 0.781. The summed E-state index contributed by atoms with van der Waals surface area (Å²) < 4.78 is 0. The summed E-state index contributed by atoms with van der Waals surface area (Å²) in [5.41, 5.74) is 3.86. The van der Waals surface area contributed by atoms with E-state index in [-0.39, 0.29) is 0 Å². The van der Waals surface area contributed by atoms with Crippen molar-refractivity contribution in [3.05, 3.63) is 22.3 Å². The lowest BCUT2D eigenvalue weighted by atomic mass is 10.3. The Labute approximate surface area is 68.9 Å². The summed E-state index contributed by atoms with van der Waals surface area (Å²) in [4.78, 5) is 10.3. The first-order chi connectivity index (χ1) is 5.40. The number of aromatic nitrogens is 1. The van der Waals surface area contributed by atoms with E-state index >= 15 is 0 Å². The summed E-state index contributed by atoms with van der Waals surface area (Å²) in [6.07, 6.45) is 3.80. The highest BCUT2D eigenvalue weighted by Crippen LogP contribution is 2.21. The molecule has 0 aliphatic carbocycles. The molecule has 0 aromatic carbocycles. The van der Waals surface area contributed by atoms with Crippen LogP contribution in [0.1, 0.15) is 10.6 Å². The van der Waals surface area contributed by atoms with Gasteiger partial charge in [0.2, 0.25) is 0 Å². The molecule has 1 aromatic rings. The van der Waals surface area contributed by atoms with E-state index in [0.717, 1.165) is 12.2 Å². The van der Waals surface area contributed by atoms with Gasteiger partial charge in [-0.1, -0.05) is 0 Å². The number of nitrogens with zero attached hydrogens (tertiary/aromatic N) is 2. The Morgan fingerprint density at radius 3 is 3.55 bits per heavy atom. The summed E-state index contributed by atoms with van der Waals surface area (Å²) in [6.45, 7) is 0.781. The van der Waals surface area contributed by atoms with Crippen LogP contribution < -0.4 is 0 Å². The van der Waals surface area contributed by atoms with Gasteiger partial charge < -0.3 is 0 Å². The van der Waals surface area contributed by atoms with Gasteiger partial charge in [0.05, 0.1) is 24.2 Å². The quantitative estimate of drug-likeness (QED) is 0.630. The van der Waals surface area contributed by atoms with Gasteiger partial charge in [-0.05, 0) is 6.08 Å². The molecule has 0 spiro atoms. The maximum atomic E-state index is 5.03. The van der Waals surface area contributed by atoms with Crippen molar-refractivity contribution in [3.8, 4) is 0 Å². The van der Waals surface area contributed by atoms with Gasteiger partial charge in [0.1, 0.15) is 0 Å². The lowest BCUT2D eigenvalue weighted by molar-refractivity contribution is -0.0947. The zero-order chi connectivity index (χ0) is 7.68. The van der Waals surface area contributed by atoms with E-state index in [1.165, 1.54) is 16.2 Å². The van der Waals surface area contributed by atoms with Crippen LogP contribution in [-0.4, -0.2) is 17.2 Å².